The van der Waals surface area contributed by atoms with E-state index in [0.29, 0.717) is 46.0 Å². The van der Waals surface area contributed by atoms with Gasteiger partial charge in [-0.2, -0.15) is 8.78 Å². The second kappa shape index (κ2) is 12.1. The number of imidazole rings is 1. The van der Waals surface area contributed by atoms with E-state index < -0.39 is 25.8 Å². The molecule has 206 valence electrons. The second-order valence-electron chi connectivity index (χ2n) is 10.1. The minimum absolute atomic E-state index is 0.0711. The van der Waals surface area contributed by atoms with Gasteiger partial charge >= 0.3 is 6.61 Å². The molecule has 4 rings (SSSR count). The summed E-state index contributed by atoms with van der Waals surface area (Å²) in [5, 5.41) is -1.07. The number of aromatic nitrogens is 2. The molecule has 1 unspecified atom stereocenters. The Kier molecular flexibility index (Phi) is 9.10. The second-order valence-corrected chi connectivity index (χ2v) is 12.4. The third kappa shape index (κ3) is 6.12. The van der Waals surface area contributed by atoms with E-state index in [4.69, 9.17) is 33.3 Å². The molecule has 5 nitrogen and oxygen atoms in total. The first-order valence-corrected chi connectivity index (χ1v) is 15.1. The highest BCUT2D eigenvalue weighted by Gasteiger charge is 2.31. The third-order valence-electron chi connectivity index (χ3n) is 7.13. The lowest BCUT2D eigenvalue weighted by Crippen LogP contribution is -2.50. The van der Waals surface area contributed by atoms with Crippen molar-refractivity contribution >= 4 is 54.1 Å². The molecule has 0 saturated carbocycles. The van der Waals surface area contributed by atoms with E-state index in [1.807, 2.05) is 39.3 Å². The van der Waals surface area contributed by atoms with Crippen LogP contribution in [0.15, 0.2) is 48.5 Å². The Morgan fingerprint density at radius 1 is 1.15 bits per heavy atom. The van der Waals surface area contributed by atoms with Gasteiger partial charge < -0.3 is 9.64 Å². The summed E-state index contributed by atoms with van der Waals surface area (Å²) in [5.74, 6) is -0.173. The summed E-state index contributed by atoms with van der Waals surface area (Å²) in [6.45, 7) is 4.61. The number of aryl methyl sites for hydroxylation is 1. The number of ether oxygens (including phenoxy) is 1. The lowest BCUT2D eigenvalue weighted by Gasteiger charge is -2.39. The number of carbonyl (C=O) groups is 1. The standard InChI is InChI=1S/C29H28B3F3N3O2P/c1-6-22(37(3)29(30,31)32)27-36-21-11-10-17(19-14-20(33)25(41(4)5)12-16(19)2)13-23(21)38(27)26-18(15-39)8-7-9-24(26)40-28(34)35/h7-15,22,28H,6H2,1-5H3. The lowest BCUT2D eigenvalue weighted by atomic mass is 9.48. The van der Waals surface area contributed by atoms with Gasteiger partial charge in [0.15, 0.2) is 12.0 Å². The summed E-state index contributed by atoms with van der Waals surface area (Å²) in [6, 6.07) is 12.4. The molecule has 0 fully saturated rings. The third-order valence-corrected chi connectivity index (χ3v) is 8.43. The van der Waals surface area contributed by atoms with Crippen molar-refractivity contribution in [3.63, 3.8) is 0 Å². The predicted molar refractivity (Wildman–Crippen MR) is 162 cm³/mol. The molecular weight excluding hydrogens is 543 g/mol. The Balaban J connectivity index is 2.09. The first kappa shape index (κ1) is 30.9. The van der Waals surface area contributed by atoms with Crippen LogP contribution in [0.25, 0.3) is 27.8 Å². The zero-order valence-electron chi connectivity index (χ0n) is 23.5. The van der Waals surface area contributed by atoms with Crippen molar-refractivity contribution in [2.24, 2.45) is 0 Å². The van der Waals surface area contributed by atoms with Gasteiger partial charge in [-0.15, -0.1) is 0 Å². The molecule has 0 bridgehead atoms. The van der Waals surface area contributed by atoms with Crippen molar-refractivity contribution in [3.05, 3.63) is 71.3 Å². The van der Waals surface area contributed by atoms with Crippen LogP contribution in [0.5, 0.6) is 5.75 Å². The molecule has 1 atom stereocenters. The van der Waals surface area contributed by atoms with Crippen molar-refractivity contribution in [2.75, 3.05) is 20.4 Å². The maximum absolute atomic E-state index is 15.1. The molecule has 0 N–H and O–H groups in total. The van der Waals surface area contributed by atoms with Gasteiger partial charge in [0.05, 0.1) is 40.6 Å². The van der Waals surface area contributed by atoms with Gasteiger partial charge in [0.25, 0.3) is 0 Å². The molecule has 1 heterocycles. The lowest BCUT2D eigenvalue weighted by molar-refractivity contribution is -0.0498. The maximum atomic E-state index is 15.1. The van der Waals surface area contributed by atoms with Crippen LogP contribution in [-0.2, 0) is 0 Å². The molecule has 6 radical (unpaired) electrons. The van der Waals surface area contributed by atoms with Crippen LogP contribution in [0.3, 0.4) is 0 Å². The number of fused-ring (bicyclic) bond motifs is 1. The molecule has 1 aromatic heterocycles. The van der Waals surface area contributed by atoms with E-state index in [1.54, 1.807) is 23.7 Å². The molecule has 12 heteroatoms. The smallest absolute Gasteiger partial charge is 0.387 e. The fourth-order valence-electron chi connectivity index (χ4n) is 5.00. The average Bonchev–Trinajstić information content (AvgIpc) is 3.26. The van der Waals surface area contributed by atoms with Crippen LogP contribution in [0.4, 0.5) is 13.2 Å². The Bertz CT molecular complexity index is 1590. The number of hydrogen-bond acceptors (Lipinski definition) is 4. The molecular formula is C29H28B3F3N3O2P. The maximum Gasteiger partial charge on any atom is 0.387 e. The monoisotopic (exact) mass is 571 g/mol. The zero-order valence-corrected chi connectivity index (χ0v) is 24.4. The number of alkyl halides is 2. The van der Waals surface area contributed by atoms with Crippen molar-refractivity contribution in [1.29, 1.82) is 0 Å². The van der Waals surface area contributed by atoms with Gasteiger partial charge in [0, 0.05) is 10.9 Å². The molecule has 0 saturated heterocycles. The van der Waals surface area contributed by atoms with Gasteiger partial charge in [0.1, 0.15) is 17.3 Å². The SMILES string of the molecule is [B]C([B])([B])N(C)C(CC)c1nc2ccc(-c3cc(F)c(P(C)C)cc3C)cc2n1-c1c(C=O)cccc1OC(F)F. The highest BCUT2D eigenvalue weighted by Crippen LogP contribution is 2.39. The number of aldehydes is 1. The summed E-state index contributed by atoms with van der Waals surface area (Å²) in [4.78, 5) is 18.5. The van der Waals surface area contributed by atoms with E-state index in [9.17, 15) is 13.6 Å². The molecule has 0 spiro atoms. The topological polar surface area (TPSA) is 47.4 Å². The van der Waals surface area contributed by atoms with Crippen LogP contribution < -0.4 is 10.0 Å². The van der Waals surface area contributed by atoms with Crippen molar-refractivity contribution in [3.8, 4) is 22.6 Å². The highest BCUT2D eigenvalue weighted by atomic mass is 31.1. The molecule has 3 aromatic carbocycles. The summed E-state index contributed by atoms with van der Waals surface area (Å²) in [6.07, 6.45) is 0.986. The van der Waals surface area contributed by atoms with E-state index in [1.165, 1.54) is 29.2 Å². The van der Waals surface area contributed by atoms with Gasteiger partial charge in [-0.25, -0.2) is 9.37 Å². The zero-order chi connectivity index (χ0) is 30.2. The first-order chi connectivity index (χ1) is 19.3. The fraction of sp³-hybridized carbons (Fsp3) is 0.310. The first-order valence-electron chi connectivity index (χ1n) is 12.9. The molecule has 0 aliphatic carbocycles. The quantitative estimate of drug-likeness (QED) is 0.145. The van der Waals surface area contributed by atoms with Gasteiger partial charge in [0.2, 0.25) is 0 Å². The number of rotatable bonds is 10. The number of nitrogens with zero attached hydrogens (tertiary/aromatic N) is 3. The largest absolute Gasteiger partial charge is 0.433 e. The number of benzene rings is 3. The Morgan fingerprint density at radius 3 is 2.44 bits per heavy atom. The molecule has 0 aliphatic rings. The van der Waals surface area contributed by atoms with Gasteiger partial charge in [-0.3, -0.25) is 9.36 Å². The van der Waals surface area contributed by atoms with Crippen molar-refractivity contribution < 1.29 is 22.7 Å². The fourth-order valence-corrected chi connectivity index (χ4v) is 5.95. The van der Waals surface area contributed by atoms with Crippen LogP contribution in [-0.4, -0.2) is 76.5 Å². The molecule has 0 amide bonds. The van der Waals surface area contributed by atoms with Crippen LogP contribution in [0.1, 0.15) is 41.1 Å². The number of para-hydroxylation sites is 1. The molecule has 0 aliphatic heterocycles. The van der Waals surface area contributed by atoms with Gasteiger partial charge in [-0.1, -0.05) is 32.2 Å². The van der Waals surface area contributed by atoms with E-state index >= 15 is 4.39 Å². The Morgan fingerprint density at radius 2 is 1.85 bits per heavy atom. The Hall–Kier alpha value is -3.03. The number of halogens is 3. The minimum atomic E-state index is -3.15. The minimum Gasteiger partial charge on any atom is -0.433 e. The van der Waals surface area contributed by atoms with Crippen LogP contribution in [0.2, 0.25) is 0 Å². The predicted octanol–water partition coefficient (Wildman–Crippen LogP) is 5.42. The van der Waals surface area contributed by atoms with Gasteiger partial charge in [-0.05, 0) is 86.8 Å². The summed E-state index contributed by atoms with van der Waals surface area (Å²) >= 11 is 0. The number of hydrogen-bond donors (Lipinski definition) is 0. The summed E-state index contributed by atoms with van der Waals surface area (Å²) < 4.78 is 48.6. The van der Waals surface area contributed by atoms with Crippen LogP contribution in [0, 0.1) is 12.7 Å². The van der Waals surface area contributed by atoms with Crippen molar-refractivity contribution in [1.82, 2.24) is 14.5 Å². The number of carbonyl (C=O) groups excluding carboxylic acids is 1. The summed E-state index contributed by atoms with van der Waals surface area (Å²) in [5.41, 5.74) is 3.36. The average molecular weight is 571 g/mol. The van der Waals surface area contributed by atoms with Crippen molar-refractivity contribution in [2.45, 2.75) is 38.2 Å². The molecule has 4 aromatic rings. The normalized spacial score (nSPS) is 13.0. The Labute approximate surface area is 243 Å². The van der Waals surface area contributed by atoms with E-state index in [-0.39, 0.29) is 22.8 Å². The molecule has 41 heavy (non-hydrogen) atoms. The van der Waals surface area contributed by atoms with E-state index in [2.05, 4.69) is 0 Å². The highest BCUT2D eigenvalue weighted by molar-refractivity contribution is 7.64. The van der Waals surface area contributed by atoms with Crippen LogP contribution >= 0.6 is 7.92 Å². The summed E-state index contributed by atoms with van der Waals surface area (Å²) in [7, 11) is 19.0. The van der Waals surface area contributed by atoms with E-state index in [0.717, 1.165) is 5.56 Å².